The van der Waals surface area contributed by atoms with E-state index in [9.17, 15) is 14.3 Å². The highest BCUT2D eigenvalue weighted by molar-refractivity contribution is 5.77. The number of fused-ring (bicyclic) bond motifs is 1. The summed E-state index contributed by atoms with van der Waals surface area (Å²) < 4.78 is 15.3. The van der Waals surface area contributed by atoms with Crippen molar-refractivity contribution in [3.8, 4) is 0 Å². The summed E-state index contributed by atoms with van der Waals surface area (Å²) in [6, 6.07) is 4.47. The Labute approximate surface area is 123 Å². The first-order valence-corrected chi connectivity index (χ1v) is 7.35. The van der Waals surface area contributed by atoms with Crippen LogP contribution < -0.4 is 0 Å². The van der Waals surface area contributed by atoms with Gasteiger partial charge in [0.2, 0.25) is 0 Å². The van der Waals surface area contributed by atoms with Gasteiger partial charge in [-0.3, -0.25) is 4.79 Å². The van der Waals surface area contributed by atoms with Crippen molar-refractivity contribution >= 4 is 17.0 Å². The number of carbonyl (C=O) groups is 1. The number of aromatic nitrogens is 2. The molecule has 0 aliphatic rings. The molecule has 1 aromatic heterocycles. The molecule has 1 heterocycles. The monoisotopic (exact) mass is 292 g/mol. The van der Waals surface area contributed by atoms with E-state index in [1.54, 1.807) is 6.07 Å². The van der Waals surface area contributed by atoms with Gasteiger partial charge in [0.05, 0.1) is 16.4 Å². The molecule has 4 nitrogen and oxygen atoms in total. The Hall–Kier alpha value is -1.91. The van der Waals surface area contributed by atoms with Gasteiger partial charge < -0.3 is 9.67 Å². The topological polar surface area (TPSA) is 55.1 Å². The minimum absolute atomic E-state index is 0.306. The number of aryl methyl sites for hydroxylation is 1. The van der Waals surface area contributed by atoms with Gasteiger partial charge in [0.15, 0.2) is 0 Å². The molecule has 0 saturated heterocycles. The van der Waals surface area contributed by atoms with Crippen LogP contribution in [0.3, 0.4) is 0 Å². The molecule has 0 amide bonds. The lowest BCUT2D eigenvalue weighted by Gasteiger charge is -2.26. The fourth-order valence-electron chi connectivity index (χ4n) is 2.81. The van der Waals surface area contributed by atoms with Crippen LogP contribution in [-0.4, -0.2) is 20.6 Å². The Morgan fingerprint density at radius 3 is 2.52 bits per heavy atom. The van der Waals surface area contributed by atoms with Crippen LogP contribution in [0, 0.1) is 11.2 Å². The molecule has 0 radical (unpaired) electrons. The van der Waals surface area contributed by atoms with Gasteiger partial charge in [-0.25, -0.2) is 9.37 Å². The van der Waals surface area contributed by atoms with Crippen molar-refractivity contribution in [1.29, 1.82) is 0 Å². The van der Waals surface area contributed by atoms with E-state index < -0.39 is 11.4 Å². The van der Waals surface area contributed by atoms with Gasteiger partial charge in [-0.2, -0.15) is 0 Å². The van der Waals surface area contributed by atoms with E-state index >= 15 is 0 Å². The Balaban J connectivity index is 2.53. The van der Waals surface area contributed by atoms with Crippen LogP contribution in [0.5, 0.6) is 0 Å². The van der Waals surface area contributed by atoms with Crippen molar-refractivity contribution < 1.29 is 14.3 Å². The third-order valence-electron chi connectivity index (χ3n) is 4.41. The van der Waals surface area contributed by atoms with Crippen molar-refractivity contribution in [2.45, 2.75) is 46.6 Å². The van der Waals surface area contributed by atoms with E-state index in [2.05, 4.69) is 4.98 Å². The summed E-state index contributed by atoms with van der Waals surface area (Å²) in [6.07, 6.45) is 1.44. The van der Waals surface area contributed by atoms with Crippen LogP contribution in [0.2, 0.25) is 0 Å². The number of hydrogen-bond acceptors (Lipinski definition) is 2. The van der Waals surface area contributed by atoms with Gasteiger partial charge in [0.1, 0.15) is 11.6 Å². The molecule has 0 aliphatic heterocycles. The highest BCUT2D eigenvalue weighted by Gasteiger charge is 2.36. The number of carboxylic acids is 1. The summed E-state index contributed by atoms with van der Waals surface area (Å²) in [7, 11) is 0. The minimum Gasteiger partial charge on any atom is -0.481 e. The van der Waals surface area contributed by atoms with Gasteiger partial charge in [0.25, 0.3) is 0 Å². The molecule has 0 fully saturated rings. The van der Waals surface area contributed by atoms with E-state index in [-0.39, 0.29) is 5.82 Å². The van der Waals surface area contributed by atoms with E-state index in [0.29, 0.717) is 37.1 Å². The Morgan fingerprint density at radius 1 is 1.33 bits per heavy atom. The summed E-state index contributed by atoms with van der Waals surface area (Å²) in [5.74, 6) is -0.392. The van der Waals surface area contributed by atoms with Gasteiger partial charge >= 0.3 is 5.97 Å². The molecule has 114 valence electrons. The maximum absolute atomic E-state index is 13.4. The largest absolute Gasteiger partial charge is 0.481 e. The Bertz CT molecular complexity index is 660. The van der Waals surface area contributed by atoms with E-state index in [1.165, 1.54) is 12.1 Å². The average Bonchev–Trinajstić information content (AvgIpc) is 2.80. The quantitative estimate of drug-likeness (QED) is 0.884. The van der Waals surface area contributed by atoms with Gasteiger partial charge in [-0.1, -0.05) is 13.8 Å². The van der Waals surface area contributed by atoms with Gasteiger partial charge in [-0.05, 0) is 38.0 Å². The molecule has 0 unspecified atom stereocenters. The summed E-state index contributed by atoms with van der Waals surface area (Å²) in [5, 5.41) is 9.57. The smallest absolute Gasteiger partial charge is 0.310 e. The second-order valence-corrected chi connectivity index (χ2v) is 5.37. The van der Waals surface area contributed by atoms with Gasteiger partial charge in [-0.15, -0.1) is 0 Å². The van der Waals surface area contributed by atoms with E-state index in [4.69, 9.17) is 0 Å². The molecule has 0 atom stereocenters. The first kappa shape index (κ1) is 15.5. The lowest BCUT2D eigenvalue weighted by molar-refractivity contribution is -0.149. The van der Waals surface area contributed by atoms with Crippen LogP contribution in [0.25, 0.3) is 11.0 Å². The van der Waals surface area contributed by atoms with Crippen LogP contribution in [-0.2, 0) is 17.8 Å². The Kier molecular flexibility index (Phi) is 4.30. The molecule has 1 aromatic carbocycles. The number of hydrogen-bond donors (Lipinski definition) is 1. The number of aliphatic carboxylic acids is 1. The van der Waals surface area contributed by atoms with E-state index in [0.717, 1.165) is 5.52 Å². The van der Waals surface area contributed by atoms with Crippen molar-refractivity contribution in [1.82, 2.24) is 9.55 Å². The first-order valence-electron chi connectivity index (χ1n) is 7.35. The first-order chi connectivity index (χ1) is 9.97. The zero-order valence-electron chi connectivity index (χ0n) is 12.7. The molecule has 1 N–H and O–H groups in total. The third-order valence-corrected chi connectivity index (χ3v) is 4.41. The lowest BCUT2D eigenvalue weighted by atomic mass is 9.79. The van der Waals surface area contributed by atoms with Crippen molar-refractivity contribution in [2.24, 2.45) is 5.41 Å². The predicted octanol–water partition coefficient (Wildman–Crippen LogP) is 3.63. The summed E-state index contributed by atoms with van der Waals surface area (Å²) >= 11 is 0. The van der Waals surface area contributed by atoms with Crippen LogP contribution >= 0.6 is 0 Å². The number of imidazole rings is 1. The number of benzene rings is 1. The van der Waals surface area contributed by atoms with Crippen molar-refractivity contribution in [3.63, 3.8) is 0 Å². The highest BCUT2D eigenvalue weighted by Crippen LogP contribution is 2.32. The molecule has 2 rings (SSSR count). The maximum Gasteiger partial charge on any atom is 0.310 e. The predicted molar refractivity (Wildman–Crippen MR) is 79.7 cm³/mol. The molecule has 5 heteroatoms. The summed E-state index contributed by atoms with van der Waals surface area (Å²) in [4.78, 5) is 16.2. The minimum atomic E-state index is -0.813. The molecule has 21 heavy (non-hydrogen) atoms. The second-order valence-electron chi connectivity index (χ2n) is 5.37. The van der Waals surface area contributed by atoms with Crippen LogP contribution in [0.15, 0.2) is 18.2 Å². The van der Waals surface area contributed by atoms with Gasteiger partial charge in [0, 0.05) is 13.0 Å². The Morgan fingerprint density at radius 2 is 2.00 bits per heavy atom. The lowest BCUT2D eigenvalue weighted by Crippen LogP contribution is -2.33. The number of carboxylic acid groups (broad SMARTS) is 1. The molecule has 2 aromatic rings. The van der Waals surface area contributed by atoms with Crippen LogP contribution in [0.4, 0.5) is 4.39 Å². The number of rotatable bonds is 6. The molecule has 0 bridgehead atoms. The number of nitrogens with zero attached hydrogens (tertiary/aromatic N) is 2. The fourth-order valence-corrected chi connectivity index (χ4v) is 2.81. The second kappa shape index (κ2) is 5.84. The normalized spacial score (nSPS) is 12.0. The maximum atomic E-state index is 13.4. The SMILES string of the molecule is CCn1c(CC(CC)(CC)C(=O)O)nc2ccc(F)cc21. The highest BCUT2D eigenvalue weighted by atomic mass is 19.1. The number of halogens is 1. The van der Waals surface area contributed by atoms with Crippen molar-refractivity contribution in [3.05, 3.63) is 29.8 Å². The standard InChI is InChI=1S/C16H21FN2O2/c1-4-16(5-2,15(20)21)10-14-18-12-8-7-11(17)9-13(12)19(14)6-3/h7-9H,4-6,10H2,1-3H3,(H,20,21). The zero-order valence-corrected chi connectivity index (χ0v) is 12.7. The average molecular weight is 292 g/mol. The molecular weight excluding hydrogens is 271 g/mol. The molecule has 0 spiro atoms. The molecule has 0 aliphatic carbocycles. The summed E-state index contributed by atoms with van der Waals surface area (Å²) in [5.41, 5.74) is 0.617. The zero-order chi connectivity index (χ0) is 15.6. The molecular formula is C16H21FN2O2. The summed E-state index contributed by atoms with van der Waals surface area (Å²) in [6.45, 7) is 6.36. The molecule has 0 saturated carbocycles. The van der Waals surface area contributed by atoms with E-state index in [1.807, 2.05) is 25.3 Å². The van der Waals surface area contributed by atoms with Crippen LogP contribution in [0.1, 0.15) is 39.4 Å². The van der Waals surface area contributed by atoms with Crippen molar-refractivity contribution in [2.75, 3.05) is 0 Å². The fraction of sp³-hybridized carbons (Fsp3) is 0.500. The third kappa shape index (κ3) is 2.64.